The Balaban J connectivity index is 0.00000182. The van der Waals surface area contributed by atoms with Crippen LogP contribution in [0.25, 0.3) is 21.2 Å². The van der Waals surface area contributed by atoms with E-state index in [1.54, 1.807) is 18.4 Å². The van der Waals surface area contributed by atoms with Crippen molar-refractivity contribution in [3.8, 4) is 27.0 Å². The summed E-state index contributed by atoms with van der Waals surface area (Å²) >= 11 is 1.58. The molecule has 2 N–H and O–H groups in total. The first kappa shape index (κ1) is 17.9. The summed E-state index contributed by atoms with van der Waals surface area (Å²) in [7, 11) is 1.65. The second-order valence-corrected chi connectivity index (χ2v) is 7.21. The molecule has 0 atom stereocenters. The van der Waals surface area contributed by atoms with Crippen molar-refractivity contribution in [1.82, 2.24) is 10.1 Å². The maximum absolute atomic E-state index is 6.43. The molecule has 132 valence electrons. The number of halogens is 1. The van der Waals surface area contributed by atoms with E-state index in [0.717, 1.165) is 46.8 Å². The Morgan fingerprint density at radius 1 is 1.20 bits per heavy atom. The Kier molecular flexibility index (Phi) is 5.13. The van der Waals surface area contributed by atoms with Crippen LogP contribution in [-0.4, -0.2) is 17.3 Å². The summed E-state index contributed by atoms with van der Waals surface area (Å²) in [5.41, 5.74) is 7.11. The third-order valence-electron chi connectivity index (χ3n) is 4.54. The van der Waals surface area contributed by atoms with Crippen molar-refractivity contribution in [2.24, 2.45) is 5.73 Å². The van der Waals surface area contributed by atoms with Crippen LogP contribution in [0.15, 0.2) is 40.9 Å². The Labute approximate surface area is 156 Å². The number of hydrogen-bond acceptors (Lipinski definition) is 6. The molecular formula is C18H20ClN3O2S. The van der Waals surface area contributed by atoms with Gasteiger partial charge in [0.05, 0.1) is 12.6 Å². The van der Waals surface area contributed by atoms with Gasteiger partial charge in [-0.05, 0) is 24.5 Å². The lowest BCUT2D eigenvalue weighted by molar-refractivity contribution is 0.371. The van der Waals surface area contributed by atoms with Crippen LogP contribution in [0.5, 0.6) is 5.75 Å². The molecule has 0 spiro atoms. The van der Waals surface area contributed by atoms with E-state index in [4.69, 9.17) is 15.0 Å². The molecule has 0 radical (unpaired) electrons. The van der Waals surface area contributed by atoms with Gasteiger partial charge in [0.2, 0.25) is 0 Å². The zero-order chi connectivity index (χ0) is 16.6. The van der Waals surface area contributed by atoms with E-state index in [-0.39, 0.29) is 12.4 Å². The highest BCUT2D eigenvalue weighted by Crippen LogP contribution is 2.43. The summed E-state index contributed by atoms with van der Waals surface area (Å²) < 4.78 is 11.0. The van der Waals surface area contributed by atoms with Crippen molar-refractivity contribution in [3.63, 3.8) is 0 Å². The minimum Gasteiger partial charge on any atom is -0.495 e. The fourth-order valence-electron chi connectivity index (χ4n) is 3.17. The second kappa shape index (κ2) is 7.15. The molecule has 1 saturated carbocycles. The van der Waals surface area contributed by atoms with Crippen LogP contribution in [0.1, 0.15) is 31.5 Å². The maximum Gasteiger partial charge on any atom is 0.271 e. The van der Waals surface area contributed by atoms with Crippen LogP contribution in [0.3, 0.4) is 0 Å². The zero-order valence-corrected chi connectivity index (χ0v) is 15.5. The molecule has 25 heavy (non-hydrogen) atoms. The molecule has 3 aromatic rings. The highest BCUT2D eigenvalue weighted by Gasteiger charge is 2.36. The van der Waals surface area contributed by atoms with Gasteiger partial charge >= 0.3 is 0 Å². The van der Waals surface area contributed by atoms with Gasteiger partial charge in [0.15, 0.2) is 5.82 Å². The van der Waals surface area contributed by atoms with Crippen molar-refractivity contribution >= 4 is 23.7 Å². The van der Waals surface area contributed by atoms with Crippen molar-refractivity contribution in [3.05, 3.63) is 42.2 Å². The van der Waals surface area contributed by atoms with Crippen molar-refractivity contribution < 1.29 is 9.26 Å². The predicted octanol–water partition coefficient (Wildman–Crippen LogP) is 4.62. The van der Waals surface area contributed by atoms with Crippen LogP contribution >= 0.6 is 23.7 Å². The van der Waals surface area contributed by atoms with Gasteiger partial charge in [-0.1, -0.05) is 48.3 Å². The van der Waals surface area contributed by atoms with Crippen LogP contribution in [-0.2, 0) is 5.54 Å². The Morgan fingerprint density at radius 2 is 1.92 bits per heavy atom. The standard InChI is InChI=1S/C18H19N3O2S.ClH/c1-22-13-11-14(12-7-3-2-4-8-12)24-15(13)16-20-17(21-23-16)18(19)9-5-6-10-18;/h2-4,7-8,11H,5-6,9-10,19H2,1H3;1H. The number of aromatic nitrogens is 2. The van der Waals surface area contributed by atoms with E-state index in [1.165, 1.54) is 0 Å². The summed E-state index contributed by atoms with van der Waals surface area (Å²) in [4.78, 5) is 6.52. The van der Waals surface area contributed by atoms with Gasteiger partial charge in [-0.15, -0.1) is 23.7 Å². The quantitative estimate of drug-likeness (QED) is 0.717. The molecule has 1 aromatic carbocycles. The molecule has 0 saturated heterocycles. The minimum absolute atomic E-state index is 0. The summed E-state index contributed by atoms with van der Waals surface area (Å²) in [6.07, 6.45) is 4.04. The van der Waals surface area contributed by atoms with E-state index < -0.39 is 5.54 Å². The molecule has 7 heteroatoms. The Hall–Kier alpha value is -1.89. The van der Waals surface area contributed by atoms with Crippen LogP contribution in [0.2, 0.25) is 0 Å². The topological polar surface area (TPSA) is 74.2 Å². The fraction of sp³-hybridized carbons (Fsp3) is 0.333. The van der Waals surface area contributed by atoms with Crippen molar-refractivity contribution in [2.75, 3.05) is 7.11 Å². The lowest BCUT2D eigenvalue weighted by Gasteiger charge is -2.17. The average molecular weight is 378 g/mol. The van der Waals surface area contributed by atoms with Gasteiger partial charge in [-0.3, -0.25) is 0 Å². The minimum atomic E-state index is -0.450. The first-order valence-electron chi connectivity index (χ1n) is 8.06. The molecule has 1 aliphatic carbocycles. The molecule has 1 aliphatic rings. The highest BCUT2D eigenvalue weighted by atomic mass is 35.5. The van der Waals surface area contributed by atoms with Crippen molar-refractivity contribution in [2.45, 2.75) is 31.2 Å². The van der Waals surface area contributed by atoms with Gasteiger partial charge in [-0.25, -0.2) is 0 Å². The number of hydrogen-bond donors (Lipinski definition) is 1. The van der Waals surface area contributed by atoms with Crippen molar-refractivity contribution in [1.29, 1.82) is 0 Å². The van der Waals surface area contributed by atoms with Gasteiger partial charge in [0.1, 0.15) is 10.6 Å². The highest BCUT2D eigenvalue weighted by molar-refractivity contribution is 7.19. The number of ether oxygens (including phenoxy) is 1. The molecule has 0 amide bonds. The largest absolute Gasteiger partial charge is 0.495 e. The molecular weight excluding hydrogens is 358 g/mol. The summed E-state index contributed by atoms with van der Waals surface area (Å²) in [5, 5.41) is 4.14. The fourth-order valence-corrected chi connectivity index (χ4v) is 4.22. The van der Waals surface area contributed by atoms with Gasteiger partial charge in [0.25, 0.3) is 5.89 Å². The van der Waals surface area contributed by atoms with Crippen LogP contribution in [0.4, 0.5) is 0 Å². The molecule has 0 bridgehead atoms. The Bertz CT molecular complexity index is 841. The smallest absolute Gasteiger partial charge is 0.271 e. The SMILES string of the molecule is COc1cc(-c2ccccc2)sc1-c1nc(C2(N)CCCC2)no1.Cl. The third kappa shape index (κ3) is 3.29. The number of nitrogens with zero attached hydrogens (tertiary/aromatic N) is 2. The predicted molar refractivity (Wildman–Crippen MR) is 101 cm³/mol. The van der Waals surface area contributed by atoms with E-state index in [1.807, 2.05) is 24.3 Å². The molecule has 0 unspecified atom stereocenters. The number of rotatable bonds is 4. The van der Waals surface area contributed by atoms with Gasteiger partial charge in [0, 0.05) is 4.88 Å². The molecule has 0 aliphatic heterocycles. The molecule has 5 nitrogen and oxygen atoms in total. The molecule has 2 heterocycles. The number of thiophene rings is 1. The molecule has 4 rings (SSSR count). The second-order valence-electron chi connectivity index (χ2n) is 6.16. The van der Waals surface area contributed by atoms with E-state index in [2.05, 4.69) is 22.3 Å². The average Bonchev–Trinajstić information content (AvgIpc) is 3.34. The molecule has 1 fully saturated rings. The third-order valence-corrected chi connectivity index (χ3v) is 5.69. The Morgan fingerprint density at radius 3 is 2.60 bits per heavy atom. The lowest BCUT2D eigenvalue weighted by Crippen LogP contribution is -2.34. The number of nitrogens with two attached hydrogens (primary N) is 1. The lowest BCUT2D eigenvalue weighted by atomic mass is 9.99. The maximum atomic E-state index is 6.43. The number of benzene rings is 1. The normalized spacial score (nSPS) is 15.8. The first-order chi connectivity index (χ1) is 11.7. The van der Waals surface area contributed by atoms with Crippen LogP contribution in [0, 0.1) is 0 Å². The van der Waals surface area contributed by atoms with E-state index in [0.29, 0.717) is 11.7 Å². The monoisotopic (exact) mass is 377 g/mol. The summed E-state index contributed by atoms with van der Waals surface area (Å²) in [5.74, 6) is 1.82. The van der Waals surface area contributed by atoms with Gasteiger partial charge in [-0.2, -0.15) is 4.98 Å². The number of methoxy groups -OCH3 is 1. The summed E-state index contributed by atoms with van der Waals surface area (Å²) in [6, 6.07) is 12.2. The van der Waals surface area contributed by atoms with Crippen LogP contribution < -0.4 is 10.5 Å². The van der Waals surface area contributed by atoms with E-state index in [9.17, 15) is 0 Å². The summed E-state index contributed by atoms with van der Waals surface area (Å²) in [6.45, 7) is 0. The van der Waals surface area contributed by atoms with Gasteiger partial charge < -0.3 is 15.0 Å². The molecule has 2 aromatic heterocycles. The first-order valence-corrected chi connectivity index (χ1v) is 8.88. The van der Waals surface area contributed by atoms with E-state index >= 15 is 0 Å². The zero-order valence-electron chi connectivity index (χ0n) is 13.9.